The van der Waals surface area contributed by atoms with Crippen molar-refractivity contribution in [2.75, 3.05) is 6.61 Å². The second kappa shape index (κ2) is 4.99. The molecule has 0 fully saturated rings. The number of carboxylic acid groups (broad SMARTS) is 1. The smallest absolute Gasteiger partial charge is 0.330 e. The number of aliphatic hydroxyl groups is 1. The second-order valence-corrected chi connectivity index (χ2v) is 2.09. The van der Waals surface area contributed by atoms with E-state index in [1.54, 1.807) is 0 Å². The van der Waals surface area contributed by atoms with Crippen molar-refractivity contribution in [1.82, 2.24) is 0 Å². The highest BCUT2D eigenvalue weighted by Crippen LogP contribution is 2.03. The fraction of sp³-hybridized carbons (Fsp3) is 0.571. The van der Waals surface area contributed by atoms with E-state index < -0.39 is 5.97 Å². The average molecular weight is 144 g/mol. The lowest BCUT2D eigenvalue weighted by Gasteiger charge is -1.96. The molecule has 0 unspecified atom stereocenters. The minimum Gasteiger partial charge on any atom is -0.478 e. The summed E-state index contributed by atoms with van der Waals surface area (Å²) in [7, 11) is 0. The van der Waals surface area contributed by atoms with Crippen LogP contribution < -0.4 is 0 Å². The minimum atomic E-state index is -0.946. The van der Waals surface area contributed by atoms with Crippen molar-refractivity contribution >= 4 is 5.97 Å². The molecule has 0 amide bonds. The van der Waals surface area contributed by atoms with Crippen LogP contribution >= 0.6 is 0 Å². The lowest BCUT2D eigenvalue weighted by molar-refractivity contribution is -0.132. The van der Waals surface area contributed by atoms with Crippen LogP contribution in [0.1, 0.15) is 19.3 Å². The highest BCUT2D eigenvalue weighted by molar-refractivity contribution is 5.85. The van der Waals surface area contributed by atoms with Crippen molar-refractivity contribution in [2.24, 2.45) is 0 Å². The first-order valence-electron chi connectivity index (χ1n) is 3.20. The molecule has 0 aromatic carbocycles. The second-order valence-electron chi connectivity index (χ2n) is 2.09. The van der Waals surface area contributed by atoms with Crippen molar-refractivity contribution in [1.29, 1.82) is 0 Å². The summed E-state index contributed by atoms with van der Waals surface area (Å²) in [5.74, 6) is -0.946. The highest BCUT2D eigenvalue weighted by atomic mass is 16.4. The molecule has 0 saturated carbocycles. The van der Waals surface area contributed by atoms with E-state index in [1.165, 1.54) is 0 Å². The molecule has 0 rings (SSSR count). The zero-order valence-corrected chi connectivity index (χ0v) is 5.84. The third-order valence-electron chi connectivity index (χ3n) is 1.19. The zero-order valence-electron chi connectivity index (χ0n) is 5.84. The van der Waals surface area contributed by atoms with E-state index in [9.17, 15) is 4.79 Å². The van der Waals surface area contributed by atoms with E-state index in [0.717, 1.165) is 0 Å². The number of hydrogen-bond acceptors (Lipinski definition) is 2. The maximum atomic E-state index is 10.1. The van der Waals surface area contributed by atoms with Gasteiger partial charge < -0.3 is 10.2 Å². The van der Waals surface area contributed by atoms with Gasteiger partial charge in [-0.1, -0.05) is 6.58 Å². The van der Waals surface area contributed by atoms with Gasteiger partial charge in [0.1, 0.15) is 0 Å². The maximum absolute atomic E-state index is 10.1. The molecule has 0 bridgehead atoms. The van der Waals surface area contributed by atoms with E-state index in [-0.39, 0.29) is 12.2 Å². The summed E-state index contributed by atoms with van der Waals surface area (Å²) in [6, 6.07) is 0. The van der Waals surface area contributed by atoms with Crippen LogP contribution in [0.25, 0.3) is 0 Å². The molecule has 0 spiro atoms. The summed E-state index contributed by atoms with van der Waals surface area (Å²) in [6.07, 6.45) is 1.81. The summed E-state index contributed by atoms with van der Waals surface area (Å²) in [4.78, 5) is 10.1. The molecule has 0 aromatic rings. The molecule has 0 aliphatic heterocycles. The van der Waals surface area contributed by atoms with Gasteiger partial charge in [0.05, 0.1) is 0 Å². The molecule has 58 valence electrons. The first-order valence-corrected chi connectivity index (χ1v) is 3.20. The Balaban J connectivity index is 3.31. The number of aliphatic hydroxyl groups excluding tert-OH is 1. The lowest BCUT2D eigenvalue weighted by atomic mass is 10.1. The molecule has 10 heavy (non-hydrogen) atoms. The zero-order chi connectivity index (χ0) is 7.98. The van der Waals surface area contributed by atoms with E-state index in [2.05, 4.69) is 6.58 Å². The van der Waals surface area contributed by atoms with Crippen LogP contribution in [0.2, 0.25) is 0 Å². The fourth-order valence-corrected chi connectivity index (χ4v) is 0.557. The van der Waals surface area contributed by atoms with Crippen molar-refractivity contribution in [3.63, 3.8) is 0 Å². The Morgan fingerprint density at radius 2 is 2.00 bits per heavy atom. The molecule has 3 nitrogen and oxygen atoms in total. The fourth-order valence-electron chi connectivity index (χ4n) is 0.557. The van der Waals surface area contributed by atoms with E-state index in [1.807, 2.05) is 0 Å². The molecule has 0 aliphatic rings. The van der Waals surface area contributed by atoms with Crippen LogP contribution in [0.4, 0.5) is 0 Å². The predicted molar refractivity (Wildman–Crippen MR) is 37.7 cm³/mol. The van der Waals surface area contributed by atoms with Crippen LogP contribution in [0.3, 0.4) is 0 Å². The quantitative estimate of drug-likeness (QED) is 0.443. The van der Waals surface area contributed by atoms with E-state index in [0.29, 0.717) is 19.3 Å². The summed E-state index contributed by atoms with van der Waals surface area (Å²) >= 11 is 0. The third kappa shape index (κ3) is 4.09. The Morgan fingerprint density at radius 3 is 2.40 bits per heavy atom. The molecular formula is C7H12O3. The highest BCUT2D eigenvalue weighted by Gasteiger charge is 2.01. The summed E-state index contributed by atoms with van der Waals surface area (Å²) in [5.41, 5.74) is 0.216. The van der Waals surface area contributed by atoms with Gasteiger partial charge >= 0.3 is 5.97 Å². The summed E-state index contributed by atoms with van der Waals surface area (Å²) in [6.45, 7) is 3.46. The SMILES string of the molecule is C=C(CCCCO)C(=O)O. The number of carbonyl (C=O) groups is 1. The van der Waals surface area contributed by atoms with Gasteiger partial charge in [0, 0.05) is 12.2 Å². The summed E-state index contributed by atoms with van der Waals surface area (Å²) < 4.78 is 0. The lowest BCUT2D eigenvalue weighted by Crippen LogP contribution is -1.98. The molecule has 0 radical (unpaired) electrons. The Labute approximate surface area is 60.0 Å². The largest absolute Gasteiger partial charge is 0.478 e. The first-order chi connectivity index (χ1) is 4.68. The Morgan fingerprint density at radius 1 is 1.40 bits per heavy atom. The molecule has 0 heterocycles. The van der Waals surface area contributed by atoms with Gasteiger partial charge in [0.2, 0.25) is 0 Å². The van der Waals surface area contributed by atoms with Gasteiger partial charge in [-0.05, 0) is 19.3 Å². The van der Waals surface area contributed by atoms with Crippen LogP contribution in [0.15, 0.2) is 12.2 Å². The van der Waals surface area contributed by atoms with Crippen molar-refractivity contribution in [3.05, 3.63) is 12.2 Å². The number of unbranched alkanes of at least 4 members (excludes halogenated alkanes) is 1. The molecule has 0 saturated heterocycles. The van der Waals surface area contributed by atoms with Gasteiger partial charge in [-0.15, -0.1) is 0 Å². The molecular weight excluding hydrogens is 132 g/mol. The minimum absolute atomic E-state index is 0.118. The topological polar surface area (TPSA) is 57.5 Å². The molecule has 2 N–H and O–H groups in total. The Kier molecular flexibility index (Phi) is 4.58. The number of hydrogen-bond donors (Lipinski definition) is 2. The molecule has 0 atom stereocenters. The Bertz CT molecular complexity index is 129. The first kappa shape index (κ1) is 9.17. The van der Waals surface area contributed by atoms with Crippen LogP contribution in [-0.2, 0) is 4.79 Å². The maximum Gasteiger partial charge on any atom is 0.330 e. The average Bonchev–Trinajstić information content (AvgIpc) is 1.88. The van der Waals surface area contributed by atoms with Crippen molar-refractivity contribution < 1.29 is 15.0 Å². The third-order valence-corrected chi connectivity index (χ3v) is 1.19. The standard InChI is InChI=1S/C7H12O3/c1-6(7(9)10)4-2-3-5-8/h8H,1-5H2,(H,9,10). The molecule has 0 aromatic heterocycles. The summed E-state index contributed by atoms with van der Waals surface area (Å²) in [5, 5.41) is 16.7. The van der Waals surface area contributed by atoms with Crippen LogP contribution in [0, 0.1) is 0 Å². The van der Waals surface area contributed by atoms with E-state index in [4.69, 9.17) is 10.2 Å². The van der Waals surface area contributed by atoms with Gasteiger partial charge in [-0.3, -0.25) is 0 Å². The monoisotopic (exact) mass is 144 g/mol. The number of carboxylic acids is 1. The number of rotatable bonds is 5. The normalized spacial score (nSPS) is 9.30. The molecule has 3 heteroatoms. The van der Waals surface area contributed by atoms with Gasteiger partial charge in [0.25, 0.3) is 0 Å². The van der Waals surface area contributed by atoms with E-state index >= 15 is 0 Å². The van der Waals surface area contributed by atoms with Gasteiger partial charge in [-0.2, -0.15) is 0 Å². The van der Waals surface area contributed by atoms with Gasteiger partial charge in [-0.25, -0.2) is 4.79 Å². The van der Waals surface area contributed by atoms with Crippen molar-refractivity contribution in [3.8, 4) is 0 Å². The Hall–Kier alpha value is -0.830. The predicted octanol–water partition coefficient (Wildman–Crippen LogP) is 0.790. The van der Waals surface area contributed by atoms with Gasteiger partial charge in [0.15, 0.2) is 0 Å². The number of aliphatic carboxylic acids is 1. The van der Waals surface area contributed by atoms with Crippen LogP contribution in [0.5, 0.6) is 0 Å². The van der Waals surface area contributed by atoms with Crippen LogP contribution in [-0.4, -0.2) is 22.8 Å². The molecule has 0 aliphatic carbocycles. The van der Waals surface area contributed by atoms with Crippen molar-refractivity contribution in [2.45, 2.75) is 19.3 Å².